The second-order valence-electron chi connectivity index (χ2n) is 3.06. The van der Waals surface area contributed by atoms with E-state index in [-0.39, 0.29) is 18.4 Å². The normalized spacial score (nSPS) is 11.5. The molecule has 79 valence electrons. The van der Waals surface area contributed by atoms with Crippen molar-refractivity contribution in [2.45, 2.75) is 5.92 Å². The molecular formula is C11H13N2O2. The van der Waals surface area contributed by atoms with E-state index in [4.69, 9.17) is 0 Å². The van der Waals surface area contributed by atoms with Crippen LogP contribution >= 0.6 is 0 Å². The maximum absolute atomic E-state index is 11.5. The van der Waals surface area contributed by atoms with Crippen LogP contribution in [0.2, 0.25) is 0 Å². The van der Waals surface area contributed by atoms with Gasteiger partial charge >= 0.3 is 6.41 Å². The predicted octanol–water partition coefficient (Wildman–Crippen LogP) is 0.173. The van der Waals surface area contributed by atoms with Gasteiger partial charge in [-0.25, -0.2) is 0 Å². The van der Waals surface area contributed by atoms with Crippen molar-refractivity contribution in [3.8, 4) is 0 Å². The smallest absolute Gasteiger partial charge is 0.309 e. The Morgan fingerprint density at radius 2 is 2.07 bits per heavy atom. The zero-order chi connectivity index (χ0) is 11.1. The number of hydrogen-bond acceptors (Lipinski definition) is 2. The summed E-state index contributed by atoms with van der Waals surface area (Å²) in [6, 6.07) is 9.30. The Balaban J connectivity index is 2.81. The van der Waals surface area contributed by atoms with Crippen LogP contribution in [0.1, 0.15) is 11.5 Å². The lowest BCUT2D eigenvalue weighted by Crippen LogP contribution is -2.32. The summed E-state index contributed by atoms with van der Waals surface area (Å²) in [6.07, 6.45) is 1.57. The lowest BCUT2D eigenvalue weighted by molar-refractivity contribution is -0.121. The van der Waals surface area contributed by atoms with Gasteiger partial charge in [0.2, 0.25) is 5.91 Å². The number of likely N-dealkylation sites (N-methyl/N-ethyl adjacent to an activating group) is 1. The summed E-state index contributed by atoms with van der Waals surface area (Å²) in [7, 11) is 1.57. The average molecular weight is 205 g/mol. The van der Waals surface area contributed by atoms with E-state index in [2.05, 4.69) is 10.6 Å². The van der Waals surface area contributed by atoms with E-state index >= 15 is 0 Å². The highest BCUT2D eigenvalue weighted by Gasteiger charge is 2.18. The van der Waals surface area contributed by atoms with E-state index in [0.29, 0.717) is 0 Å². The molecule has 4 heteroatoms. The van der Waals surface area contributed by atoms with Crippen LogP contribution < -0.4 is 10.6 Å². The van der Waals surface area contributed by atoms with Crippen LogP contribution in [0, 0.1) is 0 Å². The molecule has 0 spiro atoms. The first-order valence-corrected chi connectivity index (χ1v) is 4.66. The topological polar surface area (TPSA) is 58.2 Å². The molecule has 0 saturated heterocycles. The highest BCUT2D eigenvalue weighted by Crippen LogP contribution is 2.14. The van der Waals surface area contributed by atoms with E-state index in [0.717, 1.165) is 5.56 Å². The maximum atomic E-state index is 11.5. The second-order valence-corrected chi connectivity index (χ2v) is 3.06. The molecule has 1 aromatic carbocycles. The SMILES string of the molecule is CNC(=O)C(CN[C]=O)c1ccccc1. The van der Waals surface area contributed by atoms with Gasteiger partial charge in [-0.15, -0.1) is 0 Å². The zero-order valence-electron chi connectivity index (χ0n) is 8.49. The van der Waals surface area contributed by atoms with Gasteiger partial charge in [-0.3, -0.25) is 9.59 Å². The number of hydrogen-bond donors (Lipinski definition) is 2. The summed E-state index contributed by atoms with van der Waals surface area (Å²) < 4.78 is 0. The minimum atomic E-state index is -0.363. The molecule has 0 bridgehead atoms. The fourth-order valence-electron chi connectivity index (χ4n) is 1.37. The third kappa shape index (κ3) is 3.09. The molecule has 1 aromatic rings. The number of carbonyl (C=O) groups excluding carboxylic acids is 2. The Hall–Kier alpha value is -1.84. The van der Waals surface area contributed by atoms with E-state index < -0.39 is 0 Å². The Labute approximate surface area is 88.7 Å². The molecule has 1 rings (SSSR count). The van der Waals surface area contributed by atoms with Gasteiger partial charge in [-0.1, -0.05) is 30.3 Å². The lowest BCUT2D eigenvalue weighted by Gasteiger charge is -2.14. The molecule has 1 atom stereocenters. The van der Waals surface area contributed by atoms with Gasteiger partial charge in [0.25, 0.3) is 0 Å². The summed E-state index contributed by atoms with van der Waals surface area (Å²) in [5.74, 6) is -0.485. The molecule has 0 aliphatic heterocycles. The van der Waals surface area contributed by atoms with Gasteiger partial charge in [-0.05, 0) is 5.56 Å². The molecule has 0 heterocycles. The molecular weight excluding hydrogens is 192 g/mol. The summed E-state index contributed by atoms with van der Waals surface area (Å²) in [5.41, 5.74) is 0.875. The maximum Gasteiger partial charge on any atom is 0.309 e. The Morgan fingerprint density at radius 3 is 2.60 bits per heavy atom. The monoisotopic (exact) mass is 205 g/mol. The van der Waals surface area contributed by atoms with Gasteiger partial charge in [0, 0.05) is 13.6 Å². The molecule has 0 fully saturated rings. The van der Waals surface area contributed by atoms with Crippen LogP contribution in [-0.4, -0.2) is 25.9 Å². The van der Waals surface area contributed by atoms with Gasteiger partial charge in [0.15, 0.2) is 0 Å². The van der Waals surface area contributed by atoms with E-state index in [9.17, 15) is 9.59 Å². The van der Waals surface area contributed by atoms with Crippen molar-refractivity contribution < 1.29 is 9.59 Å². The number of nitrogens with one attached hydrogen (secondary N) is 2. The van der Waals surface area contributed by atoms with Gasteiger partial charge < -0.3 is 10.6 Å². The first-order valence-electron chi connectivity index (χ1n) is 4.66. The largest absolute Gasteiger partial charge is 0.359 e. The third-order valence-corrected chi connectivity index (χ3v) is 2.14. The molecule has 0 saturated carbocycles. The van der Waals surface area contributed by atoms with E-state index in [1.807, 2.05) is 30.3 Å². The average Bonchev–Trinajstić information content (AvgIpc) is 2.30. The molecule has 0 aliphatic rings. The Bertz CT molecular complexity index is 325. The molecule has 2 amide bonds. The van der Waals surface area contributed by atoms with Gasteiger partial charge in [0.05, 0.1) is 5.92 Å². The minimum Gasteiger partial charge on any atom is -0.359 e. The Kier molecular flexibility index (Phi) is 4.34. The second kappa shape index (κ2) is 5.80. The van der Waals surface area contributed by atoms with Crippen molar-refractivity contribution in [3.63, 3.8) is 0 Å². The van der Waals surface area contributed by atoms with Crippen molar-refractivity contribution in [1.29, 1.82) is 0 Å². The van der Waals surface area contributed by atoms with E-state index in [1.54, 1.807) is 13.5 Å². The first-order chi connectivity index (χ1) is 7.29. The van der Waals surface area contributed by atoms with Crippen molar-refractivity contribution >= 4 is 12.3 Å². The first kappa shape index (κ1) is 11.2. The third-order valence-electron chi connectivity index (χ3n) is 2.14. The van der Waals surface area contributed by atoms with Gasteiger partial charge in [0.1, 0.15) is 0 Å². The molecule has 4 nitrogen and oxygen atoms in total. The summed E-state index contributed by atoms with van der Waals surface area (Å²) >= 11 is 0. The zero-order valence-corrected chi connectivity index (χ0v) is 8.49. The standard InChI is InChI=1S/C11H13N2O2/c1-12-11(15)10(7-13-8-14)9-5-3-2-4-6-9/h2-6,10H,7H2,1H3,(H,12,15)(H,13,14). The molecule has 0 aliphatic carbocycles. The van der Waals surface area contributed by atoms with Crippen LogP contribution in [0.4, 0.5) is 0 Å². The Morgan fingerprint density at radius 1 is 1.40 bits per heavy atom. The number of amides is 2. The quantitative estimate of drug-likeness (QED) is 0.673. The van der Waals surface area contributed by atoms with E-state index in [1.165, 1.54) is 0 Å². The minimum absolute atomic E-state index is 0.121. The van der Waals surface area contributed by atoms with Crippen LogP contribution in [0.3, 0.4) is 0 Å². The van der Waals surface area contributed by atoms with Crippen molar-refractivity contribution in [2.75, 3.05) is 13.6 Å². The molecule has 15 heavy (non-hydrogen) atoms. The van der Waals surface area contributed by atoms with Gasteiger partial charge in [-0.2, -0.15) is 0 Å². The van der Waals surface area contributed by atoms with Crippen LogP contribution in [0.15, 0.2) is 30.3 Å². The van der Waals surface area contributed by atoms with Crippen LogP contribution in [0.5, 0.6) is 0 Å². The fraction of sp³-hybridized carbons (Fsp3) is 0.273. The number of rotatable bonds is 5. The molecule has 2 N–H and O–H groups in total. The van der Waals surface area contributed by atoms with Crippen LogP contribution in [-0.2, 0) is 9.59 Å². The fourth-order valence-corrected chi connectivity index (χ4v) is 1.37. The highest BCUT2D eigenvalue weighted by atomic mass is 16.2. The van der Waals surface area contributed by atoms with Crippen molar-refractivity contribution in [1.82, 2.24) is 10.6 Å². The highest BCUT2D eigenvalue weighted by molar-refractivity contribution is 5.83. The summed E-state index contributed by atoms with van der Waals surface area (Å²) in [6.45, 7) is 0.257. The predicted molar refractivity (Wildman–Crippen MR) is 56.9 cm³/mol. The molecule has 0 aromatic heterocycles. The number of carbonyl (C=O) groups is 1. The summed E-state index contributed by atoms with van der Waals surface area (Å²) in [5, 5.41) is 4.96. The van der Waals surface area contributed by atoms with Crippen molar-refractivity contribution in [3.05, 3.63) is 35.9 Å². The number of benzene rings is 1. The summed E-state index contributed by atoms with van der Waals surface area (Å²) in [4.78, 5) is 21.6. The van der Waals surface area contributed by atoms with Crippen molar-refractivity contribution in [2.24, 2.45) is 0 Å². The van der Waals surface area contributed by atoms with Crippen LogP contribution in [0.25, 0.3) is 0 Å². The molecule has 1 unspecified atom stereocenters. The molecule has 1 radical (unpaired) electrons. The lowest BCUT2D eigenvalue weighted by atomic mass is 9.98.